The van der Waals surface area contributed by atoms with Gasteiger partial charge in [-0.05, 0) is 151 Å². The van der Waals surface area contributed by atoms with Crippen LogP contribution in [0.5, 0.6) is 17.5 Å². The van der Waals surface area contributed by atoms with Gasteiger partial charge in [-0.25, -0.2) is 14.5 Å². The minimum Gasteiger partial charge on any atom is -0.488 e. The zero-order chi connectivity index (χ0) is 75.7. The molecule has 31 heteroatoms. The first-order valence-electron chi connectivity index (χ1n) is 36.8. The van der Waals surface area contributed by atoms with Crippen molar-refractivity contribution in [3.8, 4) is 39.2 Å². The number of likely N-dealkylation sites (tertiary alicyclic amines) is 1. The molecule has 1 saturated carbocycles. The topological polar surface area (TPSA) is 359 Å². The molecular weight excluding hydrogens is 1410 g/mol. The number of carboxylic acids is 1. The van der Waals surface area contributed by atoms with Crippen molar-refractivity contribution < 1.29 is 66.7 Å². The van der Waals surface area contributed by atoms with Crippen LogP contribution in [0.4, 0.5) is 22.9 Å². The predicted molar refractivity (Wildman–Crippen MR) is 404 cm³/mol. The summed E-state index contributed by atoms with van der Waals surface area (Å²) in [5.74, 6) is -2.41. The Balaban J connectivity index is 0.587. The highest BCUT2D eigenvalue weighted by Crippen LogP contribution is 2.45. The number of fused-ring (bicyclic) bond motifs is 2. The van der Waals surface area contributed by atoms with Gasteiger partial charge in [-0.2, -0.15) is 0 Å². The number of nitrogens with two attached hydrogens (primary N) is 1. The molecule has 0 radical (unpaired) electrons. The van der Waals surface area contributed by atoms with Gasteiger partial charge < -0.3 is 74.9 Å². The Labute approximate surface area is 627 Å². The average Bonchev–Trinajstić information content (AvgIpc) is 1.71. The van der Waals surface area contributed by atoms with Crippen molar-refractivity contribution >= 4 is 71.6 Å². The van der Waals surface area contributed by atoms with Crippen LogP contribution in [0.3, 0.4) is 0 Å². The molecule has 1 aliphatic carbocycles. The Hall–Kier alpha value is -9.13. The number of aromatic nitrogens is 5. The maximum absolute atomic E-state index is 14.6. The van der Waals surface area contributed by atoms with E-state index in [0.717, 1.165) is 103 Å². The highest BCUT2D eigenvalue weighted by atomic mass is 32.1. The number of ether oxygens (including phenoxy) is 3. The third kappa shape index (κ3) is 18.9. The molecule has 5 fully saturated rings. The van der Waals surface area contributed by atoms with Crippen LogP contribution >= 0.6 is 19.2 Å². The molecule has 8 heterocycles. The molecule has 12 rings (SSSR count). The number of nitrogens with zero attached hydrogens (tertiary/aromatic N) is 11. The van der Waals surface area contributed by atoms with Crippen LogP contribution in [-0.4, -0.2) is 212 Å². The molecule has 3 aromatic carbocycles. The van der Waals surface area contributed by atoms with E-state index >= 15 is 0 Å². The van der Waals surface area contributed by atoms with Crippen molar-refractivity contribution in [2.24, 2.45) is 11.3 Å². The van der Waals surface area contributed by atoms with Gasteiger partial charge in [0.25, 0.3) is 5.88 Å². The lowest BCUT2D eigenvalue weighted by Crippen LogP contribution is -2.55. The second-order valence-electron chi connectivity index (χ2n) is 29.3. The molecule has 0 spiro atoms. The number of aliphatic carboxylic acids is 1. The van der Waals surface area contributed by atoms with Gasteiger partial charge in [0.15, 0.2) is 11.6 Å². The van der Waals surface area contributed by atoms with E-state index in [-0.39, 0.29) is 68.1 Å². The van der Waals surface area contributed by atoms with Crippen molar-refractivity contribution in [1.82, 2.24) is 55.6 Å². The molecule has 4 amide bonds. The third-order valence-electron chi connectivity index (χ3n) is 21.2. The van der Waals surface area contributed by atoms with E-state index in [4.69, 9.17) is 29.0 Å². The quantitative estimate of drug-likeness (QED) is 0.0115. The smallest absolute Gasteiger partial charge is 0.469 e. The van der Waals surface area contributed by atoms with Gasteiger partial charge in [-0.15, -0.1) is 21.5 Å². The molecule has 5 aliphatic rings. The van der Waals surface area contributed by atoms with Crippen molar-refractivity contribution in [3.63, 3.8) is 0 Å². The van der Waals surface area contributed by atoms with Gasteiger partial charge in [0.1, 0.15) is 49.0 Å². The first-order valence-corrected chi connectivity index (χ1v) is 39.2. The van der Waals surface area contributed by atoms with Gasteiger partial charge in [0.05, 0.1) is 39.6 Å². The van der Waals surface area contributed by atoms with Crippen molar-refractivity contribution in [2.75, 3.05) is 107 Å². The largest absolute Gasteiger partial charge is 0.488 e. The van der Waals surface area contributed by atoms with Gasteiger partial charge in [0.2, 0.25) is 29.5 Å². The normalized spacial score (nSPS) is 20.3. The lowest BCUT2D eigenvalue weighted by molar-refractivity contribution is -0.162. The molecule has 2 bridgehead atoms. The summed E-state index contributed by atoms with van der Waals surface area (Å²) in [6.45, 7) is 16.4. The number of thiazole rings is 1. The number of anilines is 4. The SMILES string of the molecule is Cc1ncsc1-c1ccc([C@H](C)NC(=O)[C@@H]2C[C@@H](OP(=O)(O)O)CN2C(=O)[C@@H](c2cc(OCCN3CCN(CCOc4cc(N5C6CCC5CN(c5cc(-c7ccccc7OCc7ccc(NC(=O)[C@H](CCCCN(C)C)NC(=O)C8(C(=O)O)CCC8)cc7)nnc5N)C6)ccn4)[C@H](C)C3)no2)C(C)C)cc1. The summed E-state index contributed by atoms with van der Waals surface area (Å²) >= 11 is 1.55. The van der Waals surface area contributed by atoms with Crippen LogP contribution in [0.25, 0.3) is 21.7 Å². The molecular formula is C76H98N15O14PS. The molecule has 7 aromatic rings. The van der Waals surface area contributed by atoms with Crippen LogP contribution in [0, 0.1) is 18.3 Å². The van der Waals surface area contributed by atoms with E-state index in [0.29, 0.717) is 74.4 Å². The van der Waals surface area contributed by atoms with Gasteiger partial charge in [-0.1, -0.05) is 68.8 Å². The van der Waals surface area contributed by atoms with Crippen LogP contribution in [0.2, 0.25) is 0 Å². The molecule has 4 aromatic heterocycles. The summed E-state index contributed by atoms with van der Waals surface area (Å²) in [5, 5.41) is 31.8. The zero-order valence-electron chi connectivity index (χ0n) is 61.6. The average molecular weight is 1510 g/mol. The highest BCUT2D eigenvalue weighted by molar-refractivity contribution is 7.46. The number of piperazine rings is 2. The molecule has 572 valence electrons. The number of hydrogen-bond donors (Lipinski definition) is 7. The fraction of sp³-hybridized carbons (Fsp3) is 0.500. The van der Waals surface area contributed by atoms with Crippen LogP contribution in [0.1, 0.15) is 120 Å². The van der Waals surface area contributed by atoms with Crippen LogP contribution in [-0.2, 0) is 39.7 Å². The van der Waals surface area contributed by atoms with E-state index < -0.39 is 73.0 Å². The zero-order valence-corrected chi connectivity index (χ0v) is 63.3. The number of unbranched alkanes of at least 4 members (excludes halogenated alkanes) is 1. The number of nitrogen functional groups attached to an aromatic ring is 1. The fourth-order valence-electron chi connectivity index (χ4n) is 15.2. The number of pyridine rings is 1. The number of aryl methyl sites for hydroxylation is 1. The van der Waals surface area contributed by atoms with E-state index in [9.17, 15) is 43.4 Å². The first-order chi connectivity index (χ1) is 51.4. The maximum Gasteiger partial charge on any atom is 0.469 e. The fourth-order valence-corrected chi connectivity index (χ4v) is 16.6. The second-order valence-corrected chi connectivity index (χ2v) is 31.4. The summed E-state index contributed by atoms with van der Waals surface area (Å²) < 4.78 is 41.8. The monoisotopic (exact) mass is 1510 g/mol. The maximum atomic E-state index is 14.6. The Morgan fingerprint density at radius 2 is 1.58 bits per heavy atom. The van der Waals surface area contributed by atoms with Crippen molar-refractivity contribution in [3.05, 3.63) is 131 Å². The predicted octanol–water partition coefficient (Wildman–Crippen LogP) is 8.55. The number of carbonyl (C=O) groups is 5. The molecule has 4 saturated heterocycles. The number of rotatable bonds is 33. The number of hydrogen-bond acceptors (Lipinski definition) is 23. The minimum absolute atomic E-state index is 0.126. The van der Waals surface area contributed by atoms with Crippen molar-refractivity contribution in [2.45, 2.75) is 147 Å². The van der Waals surface area contributed by atoms with E-state index in [2.05, 4.69) is 72.7 Å². The number of carboxylic acid groups (broad SMARTS) is 1. The number of amides is 4. The first kappa shape index (κ1) is 77.5. The number of phosphoric ester groups is 1. The number of phosphoric acid groups is 1. The lowest BCUT2D eigenvalue weighted by Gasteiger charge is -2.43. The number of carbonyl (C=O) groups excluding carboxylic acids is 4. The summed E-state index contributed by atoms with van der Waals surface area (Å²) in [4.78, 5) is 110. The lowest BCUT2D eigenvalue weighted by atomic mass is 9.68. The summed E-state index contributed by atoms with van der Waals surface area (Å²) in [6.07, 6.45) is 5.58. The molecule has 29 nitrogen and oxygen atoms in total. The number of benzene rings is 3. The molecule has 8 N–H and O–H groups in total. The number of para-hydroxylation sites is 1. The van der Waals surface area contributed by atoms with Crippen LogP contribution in [0.15, 0.2) is 113 Å². The highest BCUT2D eigenvalue weighted by Gasteiger charge is 2.52. The van der Waals surface area contributed by atoms with Gasteiger partial charge in [0, 0.05) is 112 Å². The Morgan fingerprint density at radius 1 is 0.841 bits per heavy atom. The van der Waals surface area contributed by atoms with E-state index in [1.165, 1.54) is 4.90 Å². The summed E-state index contributed by atoms with van der Waals surface area (Å²) in [7, 11) is -1.02. The third-order valence-corrected chi connectivity index (χ3v) is 22.8. The standard InChI is InChI=1S/C76H98N15O14PS/c1-47(2)68(73(94)90-44-58(105-106(98,99)100)38-63(90)72(93)80-49(4)52-18-20-53(21-19-52)69-50(5)79-46-107-69)65-40-67(85-104-65)102-35-33-87-31-32-88(48(3)41-87)34-36-101-66-37-55(26-29-78-66)91-56-24-25-57(91)43-89(42-56)62-39-61(83-84-70(62)77)59-13-8-9-15-64(59)103-45-51-16-22-54(23-17-51)81-71(92)60(14-10-11-30-86(6)7)82-74(95)76(75(96)97)27-12-28-76/h8-9,13,15-23,26,29,37,39-40,46-49,56-58,60,63,68H,10-12,14,24-25,27-28,30-36,38,41-45H2,1-7H3,(H2,77,84)(H,80,93)(H,81,92)(H,82,95)(H,96,97)(H2,98,99,100)/t48-,49+,56?,57?,58-,60+,63+,68-/m1/s1. The van der Waals surface area contributed by atoms with Crippen LogP contribution < -0.4 is 45.7 Å². The molecule has 8 atom stereocenters. The van der Waals surface area contributed by atoms with Gasteiger partial charge >= 0.3 is 13.8 Å². The Kier molecular flexibility index (Phi) is 24.9. The minimum atomic E-state index is -4.96. The Bertz CT molecular complexity index is 4280. The van der Waals surface area contributed by atoms with E-state index in [1.807, 2.05) is 127 Å². The van der Waals surface area contributed by atoms with Gasteiger partial charge in [-0.3, -0.25) is 38.3 Å². The van der Waals surface area contributed by atoms with Crippen molar-refractivity contribution in [1.29, 1.82) is 0 Å². The Morgan fingerprint density at radius 3 is 2.26 bits per heavy atom. The molecule has 4 aliphatic heterocycles. The summed E-state index contributed by atoms with van der Waals surface area (Å²) in [5.41, 5.74) is 14.3. The number of nitrogens with one attached hydrogen (secondary N) is 3. The molecule has 2 unspecified atom stereocenters. The van der Waals surface area contributed by atoms with E-state index in [1.54, 1.807) is 35.0 Å². The molecule has 107 heavy (non-hydrogen) atoms. The second kappa shape index (κ2) is 34.4. The summed E-state index contributed by atoms with van der Waals surface area (Å²) in [6, 6.07) is 28.6.